The maximum atomic E-state index is 12.1. The van der Waals surface area contributed by atoms with Crippen molar-refractivity contribution >= 4 is 11.6 Å². The quantitative estimate of drug-likeness (QED) is 0.773. The van der Waals surface area contributed by atoms with E-state index in [1.54, 1.807) is 7.11 Å². The Balaban J connectivity index is 2.57. The van der Waals surface area contributed by atoms with Gasteiger partial charge in [0.25, 0.3) is 0 Å². The molecule has 0 saturated carbocycles. The lowest BCUT2D eigenvalue weighted by atomic mass is 10.2. The lowest BCUT2D eigenvalue weighted by Crippen LogP contribution is -2.41. The molecule has 0 bridgehead atoms. The van der Waals surface area contributed by atoms with Crippen molar-refractivity contribution in [2.24, 2.45) is 5.73 Å². The van der Waals surface area contributed by atoms with E-state index in [-0.39, 0.29) is 11.9 Å². The second-order valence-corrected chi connectivity index (χ2v) is 4.54. The van der Waals surface area contributed by atoms with E-state index in [9.17, 15) is 4.79 Å². The number of nitrogens with two attached hydrogens (primary N) is 1. The fourth-order valence-electron chi connectivity index (χ4n) is 1.65. The first kappa shape index (κ1) is 15.6. The van der Waals surface area contributed by atoms with Gasteiger partial charge in [0.1, 0.15) is 0 Å². The molecule has 0 aliphatic heterocycles. The Morgan fingerprint density at radius 1 is 1.53 bits per heavy atom. The Kier molecular flexibility index (Phi) is 6.49. The Morgan fingerprint density at radius 3 is 2.89 bits per heavy atom. The summed E-state index contributed by atoms with van der Waals surface area (Å²) in [5.41, 5.74) is 7.35. The monoisotopic (exact) mass is 265 g/mol. The maximum absolute atomic E-state index is 12.1. The van der Waals surface area contributed by atoms with Crippen LogP contribution in [0.1, 0.15) is 12.5 Å². The Labute approximate surface area is 114 Å². The fraction of sp³-hybridized carbons (Fsp3) is 0.500. The number of ether oxygens (including phenoxy) is 1. The maximum Gasteiger partial charge on any atom is 0.241 e. The van der Waals surface area contributed by atoms with Crippen LogP contribution in [0.3, 0.4) is 0 Å². The van der Waals surface area contributed by atoms with Crippen LogP contribution in [0.5, 0.6) is 0 Å². The standard InChI is InChI=1S/C14H23N3O2/c1-11(17(2)7-8-19-3)14(18)16-13-6-4-5-12(9-13)10-15/h4-6,9,11H,7-8,10,15H2,1-3H3,(H,16,18). The van der Waals surface area contributed by atoms with E-state index >= 15 is 0 Å². The van der Waals surface area contributed by atoms with Crippen LogP contribution in [0.15, 0.2) is 24.3 Å². The lowest BCUT2D eigenvalue weighted by molar-refractivity contribution is -0.120. The SMILES string of the molecule is COCCN(C)C(C)C(=O)Nc1cccc(CN)c1. The van der Waals surface area contributed by atoms with E-state index in [4.69, 9.17) is 10.5 Å². The number of carbonyl (C=O) groups excluding carboxylic acids is 1. The molecule has 0 saturated heterocycles. The molecule has 3 N–H and O–H groups in total. The molecule has 0 heterocycles. The molecule has 0 aliphatic rings. The van der Waals surface area contributed by atoms with Crippen molar-refractivity contribution in [3.8, 4) is 0 Å². The van der Waals surface area contributed by atoms with Gasteiger partial charge in [0.05, 0.1) is 12.6 Å². The van der Waals surface area contributed by atoms with Crippen molar-refractivity contribution in [3.63, 3.8) is 0 Å². The number of nitrogens with zero attached hydrogens (tertiary/aromatic N) is 1. The average Bonchev–Trinajstić information content (AvgIpc) is 2.43. The van der Waals surface area contributed by atoms with Crippen LogP contribution in [0.2, 0.25) is 0 Å². The molecule has 0 fully saturated rings. The molecule has 1 unspecified atom stereocenters. The summed E-state index contributed by atoms with van der Waals surface area (Å²) < 4.78 is 5.00. The number of hydrogen-bond acceptors (Lipinski definition) is 4. The van der Waals surface area contributed by atoms with Crippen LogP contribution < -0.4 is 11.1 Å². The smallest absolute Gasteiger partial charge is 0.241 e. The summed E-state index contributed by atoms with van der Waals surface area (Å²) in [4.78, 5) is 14.0. The molecular formula is C14H23N3O2. The van der Waals surface area contributed by atoms with Crippen LogP contribution in [0, 0.1) is 0 Å². The molecule has 19 heavy (non-hydrogen) atoms. The zero-order valence-electron chi connectivity index (χ0n) is 11.8. The summed E-state index contributed by atoms with van der Waals surface area (Å²) >= 11 is 0. The van der Waals surface area contributed by atoms with E-state index in [2.05, 4.69) is 5.32 Å². The Bertz CT molecular complexity index is 409. The van der Waals surface area contributed by atoms with Crippen molar-refractivity contribution in [2.75, 3.05) is 32.6 Å². The minimum Gasteiger partial charge on any atom is -0.383 e. The minimum absolute atomic E-state index is 0.0345. The van der Waals surface area contributed by atoms with Crippen molar-refractivity contribution in [1.29, 1.82) is 0 Å². The number of benzene rings is 1. The first-order valence-corrected chi connectivity index (χ1v) is 6.37. The molecule has 5 nitrogen and oxygen atoms in total. The Hall–Kier alpha value is -1.43. The van der Waals surface area contributed by atoms with Gasteiger partial charge in [-0.15, -0.1) is 0 Å². The van der Waals surface area contributed by atoms with Crippen molar-refractivity contribution in [3.05, 3.63) is 29.8 Å². The average molecular weight is 265 g/mol. The van der Waals surface area contributed by atoms with Gasteiger partial charge in [0.15, 0.2) is 0 Å². The number of methoxy groups -OCH3 is 1. The van der Waals surface area contributed by atoms with Crippen LogP contribution in [0.25, 0.3) is 0 Å². The number of hydrogen-bond donors (Lipinski definition) is 2. The molecule has 1 aromatic carbocycles. The molecule has 0 aliphatic carbocycles. The van der Waals surface area contributed by atoms with E-state index in [0.717, 1.165) is 11.3 Å². The third-order valence-electron chi connectivity index (χ3n) is 3.12. The second kappa shape index (κ2) is 7.89. The van der Waals surface area contributed by atoms with E-state index < -0.39 is 0 Å². The predicted octanol–water partition coefficient (Wildman–Crippen LogP) is 1.05. The number of carbonyl (C=O) groups is 1. The predicted molar refractivity (Wildman–Crippen MR) is 76.9 cm³/mol. The highest BCUT2D eigenvalue weighted by Gasteiger charge is 2.17. The van der Waals surface area contributed by atoms with Gasteiger partial charge in [-0.25, -0.2) is 0 Å². The highest BCUT2D eigenvalue weighted by Crippen LogP contribution is 2.11. The second-order valence-electron chi connectivity index (χ2n) is 4.54. The van der Waals surface area contributed by atoms with E-state index in [1.165, 1.54) is 0 Å². The van der Waals surface area contributed by atoms with Gasteiger partial charge in [-0.1, -0.05) is 12.1 Å². The topological polar surface area (TPSA) is 67.6 Å². The number of nitrogens with one attached hydrogen (secondary N) is 1. The summed E-state index contributed by atoms with van der Waals surface area (Å²) in [6.45, 7) is 3.66. The third-order valence-corrected chi connectivity index (χ3v) is 3.12. The van der Waals surface area contributed by atoms with Crippen molar-refractivity contribution < 1.29 is 9.53 Å². The largest absolute Gasteiger partial charge is 0.383 e. The van der Waals surface area contributed by atoms with Gasteiger partial charge in [0.2, 0.25) is 5.91 Å². The van der Waals surface area contributed by atoms with Gasteiger partial charge in [-0.2, -0.15) is 0 Å². The summed E-state index contributed by atoms with van der Waals surface area (Å²) in [5.74, 6) is -0.0345. The zero-order chi connectivity index (χ0) is 14.3. The molecule has 1 aromatic rings. The number of likely N-dealkylation sites (N-methyl/N-ethyl adjacent to an activating group) is 1. The van der Waals surface area contributed by atoms with Gasteiger partial charge >= 0.3 is 0 Å². The van der Waals surface area contributed by atoms with Crippen LogP contribution in [-0.2, 0) is 16.1 Å². The van der Waals surface area contributed by atoms with Crippen LogP contribution in [0.4, 0.5) is 5.69 Å². The van der Waals surface area contributed by atoms with Gasteiger partial charge in [-0.05, 0) is 31.7 Å². The van der Waals surface area contributed by atoms with Gasteiger partial charge in [-0.3, -0.25) is 9.69 Å². The summed E-state index contributed by atoms with van der Waals surface area (Å²) in [6.07, 6.45) is 0. The van der Waals surface area contributed by atoms with E-state index in [1.807, 2.05) is 43.1 Å². The van der Waals surface area contributed by atoms with Gasteiger partial charge < -0.3 is 15.8 Å². The summed E-state index contributed by atoms with van der Waals surface area (Å²) in [5, 5.41) is 2.90. The molecule has 0 aromatic heterocycles. The van der Waals surface area contributed by atoms with Crippen molar-refractivity contribution in [2.45, 2.75) is 19.5 Å². The molecule has 5 heteroatoms. The summed E-state index contributed by atoms with van der Waals surface area (Å²) in [7, 11) is 3.55. The fourth-order valence-corrected chi connectivity index (χ4v) is 1.65. The van der Waals surface area contributed by atoms with Crippen LogP contribution >= 0.6 is 0 Å². The molecule has 1 rings (SSSR count). The van der Waals surface area contributed by atoms with Gasteiger partial charge in [0, 0.05) is 25.9 Å². The highest BCUT2D eigenvalue weighted by molar-refractivity contribution is 5.94. The number of rotatable bonds is 7. The van der Waals surface area contributed by atoms with Crippen LogP contribution in [-0.4, -0.2) is 44.2 Å². The number of amides is 1. The first-order valence-electron chi connectivity index (χ1n) is 6.37. The zero-order valence-corrected chi connectivity index (χ0v) is 11.8. The normalized spacial score (nSPS) is 12.5. The third kappa shape index (κ3) is 4.98. The molecular weight excluding hydrogens is 242 g/mol. The highest BCUT2D eigenvalue weighted by atomic mass is 16.5. The molecule has 0 spiro atoms. The summed E-state index contributed by atoms with van der Waals surface area (Å²) in [6, 6.07) is 7.36. The first-order chi connectivity index (χ1) is 9.08. The minimum atomic E-state index is -0.211. The van der Waals surface area contributed by atoms with Crippen molar-refractivity contribution in [1.82, 2.24) is 4.90 Å². The van der Waals surface area contributed by atoms with E-state index in [0.29, 0.717) is 19.7 Å². The molecule has 0 radical (unpaired) electrons. The molecule has 1 atom stereocenters. The molecule has 1 amide bonds. The lowest BCUT2D eigenvalue weighted by Gasteiger charge is -2.23. The Morgan fingerprint density at radius 2 is 2.26 bits per heavy atom. The molecule has 106 valence electrons. The number of anilines is 1.